The van der Waals surface area contributed by atoms with Crippen LogP contribution < -0.4 is 5.32 Å². The van der Waals surface area contributed by atoms with Crippen LogP contribution in [0.3, 0.4) is 0 Å². The third-order valence-corrected chi connectivity index (χ3v) is 3.59. The fourth-order valence-corrected chi connectivity index (χ4v) is 2.27. The summed E-state index contributed by atoms with van der Waals surface area (Å²) >= 11 is 1.61. The van der Waals surface area contributed by atoms with Gasteiger partial charge in [-0.2, -0.15) is 5.10 Å². The summed E-state index contributed by atoms with van der Waals surface area (Å²) in [4.78, 5) is 0. The molecule has 1 unspecified atom stereocenters. The van der Waals surface area contributed by atoms with Gasteiger partial charge in [-0.05, 0) is 20.3 Å². The SMILES string of the molecule is CCc1nnc(NC(C)c2cnn(CC)c2)s1. The number of aryl methyl sites for hydroxylation is 2. The summed E-state index contributed by atoms with van der Waals surface area (Å²) in [6.45, 7) is 7.15. The van der Waals surface area contributed by atoms with E-state index in [2.05, 4.69) is 47.6 Å². The first-order valence-corrected chi connectivity index (χ1v) is 6.65. The lowest BCUT2D eigenvalue weighted by Crippen LogP contribution is -2.05. The van der Waals surface area contributed by atoms with Crippen LogP contribution in [0.1, 0.15) is 37.4 Å². The van der Waals surface area contributed by atoms with Crippen LogP contribution in [0, 0.1) is 0 Å². The topological polar surface area (TPSA) is 55.6 Å². The largest absolute Gasteiger partial charge is 0.353 e. The molecule has 2 heterocycles. The van der Waals surface area contributed by atoms with Gasteiger partial charge in [-0.15, -0.1) is 10.2 Å². The van der Waals surface area contributed by atoms with E-state index in [0.717, 1.165) is 23.1 Å². The molecule has 5 nitrogen and oxygen atoms in total. The fourth-order valence-electron chi connectivity index (χ4n) is 1.50. The van der Waals surface area contributed by atoms with Crippen molar-refractivity contribution in [2.75, 3.05) is 5.32 Å². The summed E-state index contributed by atoms with van der Waals surface area (Å²) in [6, 6.07) is 0.202. The maximum absolute atomic E-state index is 4.26. The van der Waals surface area contributed by atoms with Crippen molar-refractivity contribution in [1.82, 2.24) is 20.0 Å². The van der Waals surface area contributed by atoms with Crippen LogP contribution in [-0.4, -0.2) is 20.0 Å². The number of hydrogen-bond donors (Lipinski definition) is 1. The van der Waals surface area contributed by atoms with Gasteiger partial charge >= 0.3 is 0 Å². The summed E-state index contributed by atoms with van der Waals surface area (Å²) in [5, 5.41) is 17.7. The van der Waals surface area contributed by atoms with Crippen LogP contribution in [0.4, 0.5) is 5.13 Å². The third-order valence-electron chi connectivity index (χ3n) is 2.59. The molecule has 17 heavy (non-hydrogen) atoms. The maximum atomic E-state index is 4.26. The number of nitrogens with zero attached hydrogens (tertiary/aromatic N) is 4. The Morgan fingerprint density at radius 2 is 2.24 bits per heavy atom. The Morgan fingerprint density at radius 1 is 1.41 bits per heavy atom. The second-order valence-corrected chi connectivity index (χ2v) is 4.91. The van der Waals surface area contributed by atoms with E-state index in [4.69, 9.17) is 0 Å². The minimum absolute atomic E-state index is 0.202. The highest BCUT2D eigenvalue weighted by atomic mass is 32.1. The quantitative estimate of drug-likeness (QED) is 0.887. The zero-order valence-electron chi connectivity index (χ0n) is 10.3. The molecule has 0 aliphatic heterocycles. The number of anilines is 1. The lowest BCUT2D eigenvalue weighted by atomic mass is 10.2. The molecule has 2 aromatic heterocycles. The maximum Gasteiger partial charge on any atom is 0.206 e. The Bertz CT molecular complexity index is 476. The van der Waals surface area contributed by atoms with Crippen LogP contribution >= 0.6 is 11.3 Å². The zero-order chi connectivity index (χ0) is 12.3. The monoisotopic (exact) mass is 251 g/mol. The van der Waals surface area contributed by atoms with Gasteiger partial charge in [-0.1, -0.05) is 18.3 Å². The second kappa shape index (κ2) is 5.27. The number of hydrogen-bond acceptors (Lipinski definition) is 5. The van der Waals surface area contributed by atoms with Crippen molar-refractivity contribution < 1.29 is 0 Å². The van der Waals surface area contributed by atoms with Gasteiger partial charge in [0.2, 0.25) is 5.13 Å². The van der Waals surface area contributed by atoms with Crippen molar-refractivity contribution in [1.29, 1.82) is 0 Å². The van der Waals surface area contributed by atoms with Gasteiger partial charge in [-0.3, -0.25) is 4.68 Å². The van der Waals surface area contributed by atoms with Crippen LogP contribution in [-0.2, 0) is 13.0 Å². The van der Waals surface area contributed by atoms with E-state index in [0.29, 0.717) is 0 Å². The molecule has 0 bridgehead atoms. The molecule has 0 fully saturated rings. The molecule has 6 heteroatoms. The summed E-state index contributed by atoms with van der Waals surface area (Å²) in [5.41, 5.74) is 1.17. The Kier molecular flexibility index (Phi) is 3.73. The van der Waals surface area contributed by atoms with Gasteiger partial charge in [0.1, 0.15) is 5.01 Å². The summed E-state index contributed by atoms with van der Waals surface area (Å²) in [7, 11) is 0. The van der Waals surface area contributed by atoms with Crippen molar-refractivity contribution in [2.45, 2.75) is 39.8 Å². The molecule has 2 aromatic rings. The molecule has 0 saturated carbocycles. The molecule has 0 amide bonds. The van der Waals surface area contributed by atoms with Crippen molar-refractivity contribution >= 4 is 16.5 Å². The van der Waals surface area contributed by atoms with Gasteiger partial charge in [0.05, 0.1) is 12.2 Å². The molecular weight excluding hydrogens is 234 g/mol. The van der Waals surface area contributed by atoms with Gasteiger partial charge in [0.25, 0.3) is 0 Å². The van der Waals surface area contributed by atoms with Gasteiger partial charge in [0, 0.05) is 18.3 Å². The highest BCUT2D eigenvalue weighted by Gasteiger charge is 2.10. The predicted molar refractivity (Wildman–Crippen MR) is 69.2 cm³/mol. The molecule has 0 aliphatic rings. The van der Waals surface area contributed by atoms with E-state index in [1.165, 1.54) is 5.56 Å². The lowest BCUT2D eigenvalue weighted by Gasteiger charge is -2.09. The molecule has 0 spiro atoms. The van der Waals surface area contributed by atoms with E-state index < -0.39 is 0 Å². The third kappa shape index (κ3) is 2.82. The minimum Gasteiger partial charge on any atom is -0.353 e. The zero-order valence-corrected chi connectivity index (χ0v) is 11.2. The predicted octanol–water partition coefficient (Wildman–Crippen LogP) is 2.49. The molecular formula is C11H17N5S. The minimum atomic E-state index is 0.202. The molecule has 0 radical (unpaired) electrons. The van der Waals surface area contributed by atoms with E-state index >= 15 is 0 Å². The van der Waals surface area contributed by atoms with Crippen LogP contribution in [0.15, 0.2) is 12.4 Å². The van der Waals surface area contributed by atoms with Crippen molar-refractivity contribution in [2.24, 2.45) is 0 Å². The molecule has 0 saturated heterocycles. The highest BCUT2D eigenvalue weighted by molar-refractivity contribution is 7.15. The van der Waals surface area contributed by atoms with Crippen molar-refractivity contribution in [3.8, 4) is 0 Å². The smallest absolute Gasteiger partial charge is 0.206 e. The van der Waals surface area contributed by atoms with Gasteiger partial charge < -0.3 is 5.32 Å². The summed E-state index contributed by atoms with van der Waals surface area (Å²) < 4.78 is 1.92. The molecule has 92 valence electrons. The fraction of sp³-hybridized carbons (Fsp3) is 0.545. The first kappa shape index (κ1) is 12.0. The standard InChI is InChI=1S/C11H17N5S/c1-4-10-14-15-11(17-10)13-8(3)9-6-12-16(5-2)7-9/h6-8H,4-5H2,1-3H3,(H,13,15). The lowest BCUT2D eigenvalue weighted by molar-refractivity contribution is 0.658. The number of aromatic nitrogens is 4. The molecule has 0 aromatic carbocycles. The number of nitrogens with one attached hydrogen (secondary N) is 1. The normalized spacial score (nSPS) is 12.6. The Labute approximate surface area is 105 Å². The second-order valence-electron chi connectivity index (χ2n) is 3.85. The van der Waals surface area contributed by atoms with Gasteiger partial charge in [-0.25, -0.2) is 0 Å². The summed E-state index contributed by atoms with van der Waals surface area (Å²) in [6.07, 6.45) is 4.88. The number of rotatable bonds is 5. The molecule has 1 N–H and O–H groups in total. The van der Waals surface area contributed by atoms with Gasteiger partial charge in [0.15, 0.2) is 0 Å². The van der Waals surface area contributed by atoms with Crippen molar-refractivity contribution in [3.63, 3.8) is 0 Å². The first-order chi connectivity index (χ1) is 8.22. The summed E-state index contributed by atoms with van der Waals surface area (Å²) in [5.74, 6) is 0. The van der Waals surface area contributed by atoms with E-state index in [-0.39, 0.29) is 6.04 Å². The van der Waals surface area contributed by atoms with E-state index in [9.17, 15) is 0 Å². The highest BCUT2D eigenvalue weighted by Crippen LogP contribution is 2.22. The van der Waals surface area contributed by atoms with Crippen LogP contribution in [0.2, 0.25) is 0 Å². The average Bonchev–Trinajstić information content (AvgIpc) is 2.96. The Morgan fingerprint density at radius 3 is 2.82 bits per heavy atom. The van der Waals surface area contributed by atoms with Crippen LogP contribution in [0.25, 0.3) is 0 Å². The van der Waals surface area contributed by atoms with Crippen molar-refractivity contribution in [3.05, 3.63) is 23.0 Å². The van der Waals surface area contributed by atoms with E-state index in [1.807, 2.05) is 10.9 Å². The average molecular weight is 251 g/mol. The molecule has 1 atom stereocenters. The molecule has 2 rings (SSSR count). The Hall–Kier alpha value is -1.43. The first-order valence-electron chi connectivity index (χ1n) is 5.84. The Balaban J connectivity index is 2.02. The van der Waals surface area contributed by atoms with Crippen LogP contribution in [0.5, 0.6) is 0 Å². The molecule has 0 aliphatic carbocycles. The van der Waals surface area contributed by atoms with E-state index in [1.54, 1.807) is 11.3 Å².